The Balaban J connectivity index is 3.69. The summed E-state index contributed by atoms with van der Waals surface area (Å²) < 4.78 is 40.8. The second-order valence-electron chi connectivity index (χ2n) is 8.62. The van der Waals surface area contributed by atoms with Crippen molar-refractivity contribution < 1.29 is 18.0 Å². The number of hydrogen-bond donors (Lipinski definition) is 0. The number of carbonyl (C=O) groups excluding carboxylic acids is 1. The van der Waals surface area contributed by atoms with Gasteiger partial charge in [0.05, 0.1) is 0 Å². The third-order valence-corrected chi connectivity index (χ3v) is 43.0. The molecule has 0 radical (unpaired) electrons. The van der Waals surface area contributed by atoms with Crippen LogP contribution in [0.25, 0.3) is 6.08 Å². The average molecular weight is 583 g/mol. The first-order chi connectivity index (χ1) is 11.6. The van der Waals surface area contributed by atoms with Crippen molar-refractivity contribution >= 4 is 54.4 Å². The molecule has 0 aliphatic carbocycles. The van der Waals surface area contributed by atoms with E-state index in [1.54, 1.807) is 19.9 Å². The molecule has 0 spiro atoms. The molecule has 146 valence electrons. The molecule has 0 saturated heterocycles. The van der Waals surface area contributed by atoms with Crippen molar-refractivity contribution in [3.63, 3.8) is 0 Å². The van der Waals surface area contributed by atoms with Gasteiger partial charge in [0.25, 0.3) is 0 Å². The van der Waals surface area contributed by atoms with E-state index in [-0.39, 0.29) is 6.54 Å². The predicted molar refractivity (Wildman–Crippen MR) is 110 cm³/mol. The number of rotatable bonds is 5. The molecule has 0 fully saturated rings. The molecule has 1 amide bonds. The molecule has 0 heterocycles. The summed E-state index contributed by atoms with van der Waals surface area (Å²) >= 11 is -4.84. The van der Waals surface area contributed by atoms with Gasteiger partial charge < -0.3 is 0 Å². The predicted octanol–water partition coefficient (Wildman–Crippen LogP) is 6.05. The molecular formula is C19H30F3NOSn2. The Kier molecular flexibility index (Phi) is 7.75. The summed E-state index contributed by atoms with van der Waals surface area (Å²) in [6.07, 6.45) is -2.75. The van der Waals surface area contributed by atoms with E-state index < -0.39 is 48.8 Å². The number of carbonyl (C=O) groups is 1. The fourth-order valence-corrected chi connectivity index (χ4v) is 56.3. The van der Waals surface area contributed by atoms with Gasteiger partial charge in [-0.15, -0.1) is 0 Å². The van der Waals surface area contributed by atoms with Gasteiger partial charge in [0.15, 0.2) is 0 Å². The van der Waals surface area contributed by atoms with Crippen LogP contribution in [0.1, 0.15) is 18.1 Å². The molecule has 0 atom stereocenters. The van der Waals surface area contributed by atoms with Crippen LogP contribution in [0.15, 0.2) is 19.8 Å². The van der Waals surface area contributed by atoms with Gasteiger partial charge in [0.1, 0.15) is 0 Å². The second-order valence-corrected chi connectivity index (χ2v) is 41.5. The summed E-state index contributed by atoms with van der Waals surface area (Å²) in [5.74, 6) is -1.80. The Labute approximate surface area is 163 Å². The first-order valence-corrected chi connectivity index (χ1v) is 28.8. The van der Waals surface area contributed by atoms with Crippen LogP contribution in [-0.4, -0.2) is 55.4 Å². The van der Waals surface area contributed by atoms with Crippen molar-refractivity contribution in [2.45, 2.75) is 49.7 Å². The van der Waals surface area contributed by atoms with Crippen LogP contribution in [0.3, 0.4) is 0 Å². The monoisotopic (exact) mass is 585 g/mol. The molecular weight excluding hydrogens is 553 g/mol. The summed E-state index contributed by atoms with van der Waals surface area (Å²) in [6, 6.07) is 5.45. The van der Waals surface area contributed by atoms with E-state index in [1.165, 1.54) is 1.60 Å². The summed E-state index contributed by atoms with van der Waals surface area (Å²) in [5, 5.41) is 0. The van der Waals surface area contributed by atoms with Gasteiger partial charge in [-0.3, -0.25) is 0 Å². The van der Waals surface area contributed by atoms with E-state index in [9.17, 15) is 18.0 Å². The Hall–Kier alpha value is -0.183. The van der Waals surface area contributed by atoms with Gasteiger partial charge in [-0.1, -0.05) is 0 Å². The number of alkyl halides is 3. The van der Waals surface area contributed by atoms with Gasteiger partial charge in [-0.25, -0.2) is 0 Å². The number of para-hydroxylation sites is 1. The minimum atomic E-state index is -4.88. The fourth-order valence-electron chi connectivity index (χ4n) is 3.44. The number of amides is 1. The first-order valence-electron chi connectivity index (χ1n) is 8.81. The Morgan fingerprint density at radius 3 is 1.96 bits per heavy atom. The van der Waals surface area contributed by atoms with Crippen LogP contribution >= 0.6 is 0 Å². The van der Waals surface area contributed by atoms with E-state index in [4.69, 9.17) is 0 Å². The number of hydrogen-bond acceptors (Lipinski definition) is 1. The molecule has 0 unspecified atom stereocenters. The second kappa shape index (κ2) is 8.45. The van der Waals surface area contributed by atoms with E-state index in [1.807, 2.05) is 12.1 Å². The van der Waals surface area contributed by atoms with Crippen LogP contribution in [-0.2, 0) is 4.79 Å². The number of aryl methyl sites for hydroxylation is 1. The van der Waals surface area contributed by atoms with Gasteiger partial charge >= 0.3 is 164 Å². The zero-order valence-corrected chi connectivity index (χ0v) is 22.7. The number of benzene rings is 1. The summed E-state index contributed by atoms with van der Waals surface area (Å²) in [7, 11) is 0. The number of anilines is 1. The zero-order valence-electron chi connectivity index (χ0n) is 17.0. The average Bonchev–Trinajstić information content (AvgIpc) is 2.44. The third-order valence-electron chi connectivity index (χ3n) is 4.26. The van der Waals surface area contributed by atoms with E-state index in [0.29, 0.717) is 11.3 Å². The summed E-state index contributed by atoms with van der Waals surface area (Å²) in [4.78, 5) is 26.9. The van der Waals surface area contributed by atoms with Gasteiger partial charge in [-0.2, -0.15) is 0 Å². The summed E-state index contributed by atoms with van der Waals surface area (Å²) in [6.45, 7) is 3.33. The normalized spacial score (nSPS) is 12.7. The molecule has 1 aromatic carbocycles. The van der Waals surface area contributed by atoms with E-state index in [2.05, 4.69) is 35.7 Å². The molecule has 0 aliphatic heterocycles. The van der Waals surface area contributed by atoms with Crippen molar-refractivity contribution in [1.82, 2.24) is 0 Å². The molecule has 7 heteroatoms. The maximum absolute atomic E-state index is 13.1. The van der Waals surface area contributed by atoms with Crippen LogP contribution < -0.4 is 4.90 Å². The zero-order chi connectivity index (χ0) is 20.5. The molecule has 1 aromatic rings. The van der Waals surface area contributed by atoms with Gasteiger partial charge in [0, 0.05) is 0 Å². The molecule has 0 aliphatic rings. The fraction of sp³-hybridized carbons (Fsp3) is 0.526. The van der Waals surface area contributed by atoms with Crippen molar-refractivity contribution in [3.05, 3.63) is 30.9 Å². The van der Waals surface area contributed by atoms with Crippen LogP contribution in [0, 0.1) is 6.92 Å². The van der Waals surface area contributed by atoms with E-state index >= 15 is 0 Å². The SMILES string of the molecule is CCN(C(=O)C(F)(F)F)c1c(C)cccc1C=[C]([Sn]([CH3])([CH3])[CH3])[Sn]([CH3])([CH3])[CH3]. The molecule has 1 rings (SSSR count). The van der Waals surface area contributed by atoms with Crippen molar-refractivity contribution in [2.75, 3.05) is 11.4 Å². The van der Waals surface area contributed by atoms with Gasteiger partial charge in [0.2, 0.25) is 0 Å². The van der Waals surface area contributed by atoms with Gasteiger partial charge in [-0.05, 0) is 0 Å². The van der Waals surface area contributed by atoms with Crippen LogP contribution in [0.2, 0.25) is 29.6 Å². The Morgan fingerprint density at radius 1 is 1.08 bits per heavy atom. The molecule has 2 nitrogen and oxygen atoms in total. The van der Waals surface area contributed by atoms with Crippen molar-refractivity contribution in [3.8, 4) is 0 Å². The van der Waals surface area contributed by atoms with Crippen molar-refractivity contribution in [2.24, 2.45) is 0 Å². The first kappa shape index (κ1) is 23.9. The standard InChI is InChI=1S/C13H12F3NO.6CH3.2Sn/c1-4-10-8-6-7-9(3)11(10)17(5-2)12(18)13(14,15)16;;;;;;;;/h4,6-8H,5H2,2-3H3;6*1H3;;. The van der Waals surface area contributed by atoms with Crippen molar-refractivity contribution in [1.29, 1.82) is 0 Å². The molecule has 0 aromatic heterocycles. The Morgan fingerprint density at radius 2 is 1.58 bits per heavy atom. The third kappa shape index (κ3) is 5.91. The number of nitrogens with zero attached hydrogens (tertiary/aromatic N) is 1. The maximum atomic E-state index is 13.1. The molecule has 0 N–H and O–H groups in total. The number of halogens is 3. The topological polar surface area (TPSA) is 20.3 Å². The summed E-state index contributed by atoms with van der Waals surface area (Å²) in [5.41, 5.74) is 1.81. The Bertz CT molecular complexity index is 682. The molecule has 0 saturated carbocycles. The van der Waals surface area contributed by atoms with Crippen LogP contribution in [0.5, 0.6) is 0 Å². The quantitative estimate of drug-likeness (QED) is 0.387. The van der Waals surface area contributed by atoms with E-state index in [0.717, 1.165) is 10.5 Å². The minimum absolute atomic E-state index is 0.0169. The molecule has 26 heavy (non-hydrogen) atoms. The molecule has 0 bridgehead atoms. The van der Waals surface area contributed by atoms with Crippen LogP contribution in [0.4, 0.5) is 18.9 Å².